The third-order valence-corrected chi connectivity index (χ3v) is 8.87. The minimum Gasteiger partial charge on any atom is -0.354 e. The van der Waals surface area contributed by atoms with Crippen LogP contribution in [0.1, 0.15) is 6.42 Å². The van der Waals surface area contributed by atoms with Gasteiger partial charge in [-0.25, -0.2) is 18.4 Å². The van der Waals surface area contributed by atoms with Crippen molar-refractivity contribution >= 4 is 49.2 Å². The average Bonchev–Trinajstić information content (AvgIpc) is 3.15. The van der Waals surface area contributed by atoms with Crippen LogP contribution in [0.25, 0.3) is 10.2 Å². The van der Waals surface area contributed by atoms with E-state index in [1.165, 1.54) is 4.70 Å². The Bertz CT molecular complexity index is 983. The predicted molar refractivity (Wildman–Crippen MR) is 117 cm³/mol. The van der Waals surface area contributed by atoms with Crippen molar-refractivity contribution in [3.63, 3.8) is 0 Å². The number of hydrogen-bond donors (Lipinski definition) is 0. The van der Waals surface area contributed by atoms with E-state index in [9.17, 15) is 8.42 Å². The molecule has 9 heteroatoms. The molecular formula is C19H22N4O2S3. The highest BCUT2D eigenvalue weighted by atomic mass is 32.2. The van der Waals surface area contributed by atoms with Gasteiger partial charge < -0.3 is 4.90 Å². The molecule has 3 heterocycles. The third-order valence-electron chi connectivity index (χ3n) is 4.65. The highest BCUT2D eigenvalue weighted by Crippen LogP contribution is 2.29. The molecule has 1 saturated heterocycles. The molecule has 2 aromatic heterocycles. The normalized spacial score (nSPS) is 15.9. The number of nitrogens with zero attached hydrogens (tertiary/aromatic N) is 4. The van der Waals surface area contributed by atoms with Crippen molar-refractivity contribution in [3.05, 3.63) is 48.7 Å². The SMILES string of the molecule is O=S(=O)(CCCSc1nc2ccccc2s1)N1CCN(c2ccccn2)CC1. The Labute approximate surface area is 173 Å². The van der Waals surface area contributed by atoms with Gasteiger partial charge in [-0.05, 0) is 30.7 Å². The fourth-order valence-electron chi connectivity index (χ4n) is 3.18. The zero-order valence-corrected chi connectivity index (χ0v) is 17.8. The van der Waals surface area contributed by atoms with Gasteiger partial charge in [-0.1, -0.05) is 30.0 Å². The number of thioether (sulfide) groups is 1. The number of benzene rings is 1. The molecule has 0 saturated carbocycles. The molecule has 6 nitrogen and oxygen atoms in total. The number of para-hydroxylation sites is 1. The number of thiazole rings is 1. The van der Waals surface area contributed by atoms with Crippen LogP contribution in [0.2, 0.25) is 0 Å². The molecule has 0 N–H and O–H groups in total. The molecule has 0 radical (unpaired) electrons. The summed E-state index contributed by atoms with van der Waals surface area (Å²) >= 11 is 3.30. The monoisotopic (exact) mass is 434 g/mol. The van der Waals surface area contributed by atoms with E-state index in [-0.39, 0.29) is 5.75 Å². The number of aromatic nitrogens is 2. The average molecular weight is 435 g/mol. The van der Waals surface area contributed by atoms with Crippen molar-refractivity contribution in [2.45, 2.75) is 10.8 Å². The fourth-order valence-corrected chi connectivity index (χ4v) is 6.93. The molecule has 1 aliphatic heterocycles. The molecule has 0 bridgehead atoms. The number of hydrogen-bond acceptors (Lipinski definition) is 7. The lowest BCUT2D eigenvalue weighted by Crippen LogP contribution is -2.49. The second kappa shape index (κ2) is 8.77. The van der Waals surface area contributed by atoms with E-state index in [0.717, 1.165) is 21.4 Å². The summed E-state index contributed by atoms with van der Waals surface area (Å²) < 4.78 is 29.1. The molecular weight excluding hydrogens is 412 g/mol. The Hall–Kier alpha value is -1.68. The lowest BCUT2D eigenvalue weighted by molar-refractivity contribution is 0.383. The maximum atomic E-state index is 12.7. The Morgan fingerprint density at radius 1 is 1.04 bits per heavy atom. The van der Waals surface area contributed by atoms with Crippen LogP contribution in [-0.4, -0.2) is 60.4 Å². The van der Waals surface area contributed by atoms with Crippen LogP contribution < -0.4 is 4.90 Å². The van der Waals surface area contributed by atoms with Crippen molar-refractivity contribution in [2.24, 2.45) is 0 Å². The van der Waals surface area contributed by atoms with Crippen LogP contribution in [-0.2, 0) is 10.0 Å². The first kappa shape index (κ1) is 19.6. The lowest BCUT2D eigenvalue weighted by atomic mass is 10.3. The van der Waals surface area contributed by atoms with Crippen LogP contribution in [0.4, 0.5) is 5.82 Å². The van der Waals surface area contributed by atoms with Gasteiger partial charge in [0.25, 0.3) is 0 Å². The number of rotatable bonds is 7. The van der Waals surface area contributed by atoms with Crippen LogP contribution in [0.3, 0.4) is 0 Å². The van der Waals surface area contributed by atoms with Crippen molar-refractivity contribution < 1.29 is 8.42 Å². The topological polar surface area (TPSA) is 66.4 Å². The Morgan fingerprint density at radius 3 is 2.57 bits per heavy atom. The smallest absolute Gasteiger partial charge is 0.214 e. The molecule has 148 valence electrons. The third kappa shape index (κ3) is 4.65. The lowest BCUT2D eigenvalue weighted by Gasteiger charge is -2.34. The minimum absolute atomic E-state index is 0.189. The maximum absolute atomic E-state index is 12.7. The van der Waals surface area contributed by atoms with E-state index in [2.05, 4.69) is 20.9 Å². The second-order valence-electron chi connectivity index (χ2n) is 6.54. The number of anilines is 1. The summed E-state index contributed by atoms with van der Waals surface area (Å²) in [5.74, 6) is 1.85. The van der Waals surface area contributed by atoms with Gasteiger partial charge in [0.15, 0.2) is 4.34 Å². The van der Waals surface area contributed by atoms with Gasteiger partial charge in [-0.3, -0.25) is 0 Å². The standard InChI is InChI=1S/C19H22N4O2S3/c24-28(25,23-12-10-22(11-13-23)18-8-3-4-9-20-18)15-5-14-26-19-21-16-6-1-2-7-17(16)27-19/h1-4,6-9H,5,10-15H2. The second-order valence-corrected chi connectivity index (χ2v) is 11.0. The molecule has 0 atom stereocenters. The molecule has 3 aromatic rings. The van der Waals surface area contributed by atoms with E-state index >= 15 is 0 Å². The largest absolute Gasteiger partial charge is 0.354 e. The van der Waals surface area contributed by atoms with Gasteiger partial charge in [-0.2, -0.15) is 4.31 Å². The molecule has 0 spiro atoms. The van der Waals surface area contributed by atoms with Crippen molar-refractivity contribution in [2.75, 3.05) is 42.6 Å². The summed E-state index contributed by atoms with van der Waals surface area (Å²) in [6.07, 6.45) is 2.39. The highest BCUT2D eigenvalue weighted by molar-refractivity contribution is 8.01. The molecule has 0 amide bonds. The van der Waals surface area contributed by atoms with Crippen molar-refractivity contribution in [1.29, 1.82) is 0 Å². The fraction of sp³-hybridized carbons (Fsp3) is 0.368. The Morgan fingerprint density at radius 2 is 1.82 bits per heavy atom. The molecule has 4 rings (SSSR count). The molecule has 1 aromatic carbocycles. The zero-order valence-electron chi connectivity index (χ0n) is 15.4. The van der Waals surface area contributed by atoms with Crippen LogP contribution >= 0.6 is 23.1 Å². The predicted octanol–water partition coefficient (Wildman–Crippen LogP) is 3.33. The first-order chi connectivity index (χ1) is 13.6. The van der Waals surface area contributed by atoms with E-state index in [0.29, 0.717) is 32.6 Å². The molecule has 0 aliphatic carbocycles. The highest BCUT2D eigenvalue weighted by Gasteiger charge is 2.26. The van der Waals surface area contributed by atoms with Crippen LogP contribution in [0.5, 0.6) is 0 Å². The number of pyridine rings is 1. The van der Waals surface area contributed by atoms with Gasteiger partial charge >= 0.3 is 0 Å². The summed E-state index contributed by atoms with van der Waals surface area (Å²) in [4.78, 5) is 11.1. The summed E-state index contributed by atoms with van der Waals surface area (Å²) in [7, 11) is -3.21. The van der Waals surface area contributed by atoms with Crippen molar-refractivity contribution in [3.8, 4) is 0 Å². The quantitative estimate of drug-likeness (QED) is 0.420. The van der Waals surface area contributed by atoms with Gasteiger partial charge in [0.05, 0.1) is 16.0 Å². The maximum Gasteiger partial charge on any atom is 0.214 e. The molecule has 0 unspecified atom stereocenters. The van der Waals surface area contributed by atoms with Gasteiger partial charge in [0.1, 0.15) is 5.82 Å². The summed E-state index contributed by atoms with van der Waals surface area (Å²) in [5.41, 5.74) is 1.01. The molecule has 1 fully saturated rings. The van der Waals surface area contributed by atoms with Gasteiger partial charge in [-0.15, -0.1) is 11.3 Å². The Kier molecular flexibility index (Phi) is 6.15. The van der Waals surface area contributed by atoms with Crippen molar-refractivity contribution in [1.82, 2.24) is 14.3 Å². The van der Waals surface area contributed by atoms with Gasteiger partial charge in [0, 0.05) is 38.1 Å². The molecule has 1 aliphatic rings. The van der Waals surface area contributed by atoms with E-state index < -0.39 is 10.0 Å². The summed E-state index contributed by atoms with van der Waals surface area (Å²) in [5, 5.41) is 0. The number of fused-ring (bicyclic) bond motifs is 1. The number of piperazine rings is 1. The number of sulfonamides is 1. The van der Waals surface area contributed by atoms with Crippen LogP contribution in [0.15, 0.2) is 53.0 Å². The zero-order chi connectivity index (χ0) is 19.4. The van der Waals surface area contributed by atoms with Gasteiger partial charge in [0.2, 0.25) is 10.0 Å². The first-order valence-corrected chi connectivity index (χ1v) is 12.7. The van der Waals surface area contributed by atoms with E-state index in [1.54, 1.807) is 33.6 Å². The molecule has 28 heavy (non-hydrogen) atoms. The van der Waals surface area contributed by atoms with Crippen LogP contribution in [0, 0.1) is 0 Å². The Balaban J connectivity index is 1.24. The van der Waals surface area contributed by atoms with E-state index in [4.69, 9.17) is 0 Å². The van der Waals surface area contributed by atoms with E-state index in [1.807, 2.05) is 36.4 Å². The summed E-state index contributed by atoms with van der Waals surface area (Å²) in [6, 6.07) is 13.9. The summed E-state index contributed by atoms with van der Waals surface area (Å²) in [6.45, 7) is 2.39. The first-order valence-electron chi connectivity index (χ1n) is 9.24. The minimum atomic E-state index is -3.21.